The molecule has 1 amide bonds. The van der Waals surface area contributed by atoms with E-state index in [-0.39, 0.29) is 23.5 Å². The summed E-state index contributed by atoms with van der Waals surface area (Å²) in [6.07, 6.45) is -4.13. The van der Waals surface area contributed by atoms with Crippen molar-refractivity contribution in [1.82, 2.24) is 4.98 Å². The monoisotopic (exact) mass is 289 g/mol. The summed E-state index contributed by atoms with van der Waals surface area (Å²) in [5, 5.41) is 2.82. The average Bonchev–Trinajstić information content (AvgIpc) is 2.73. The number of amides is 1. The number of hydrogen-bond donors (Lipinski definition) is 2. The van der Waals surface area contributed by atoms with Crippen LogP contribution in [0.3, 0.4) is 0 Å². The van der Waals surface area contributed by atoms with E-state index in [0.29, 0.717) is 13.0 Å². The summed E-state index contributed by atoms with van der Waals surface area (Å²) >= 11 is 0. The maximum Gasteiger partial charge on any atom is 0.433 e. The Bertz CT molecular complexity index is 519. The minimum absolute atomic E-state index is 0.0721. The number of rotatable bonds is 3. The van der Waals surface area contributed by atoms with Crippen molar-refractivity contribution in [2.45, 2.75) is 31.7 Å². The number of nitrogens with two attached hydrogens (primary N) is 1. The topological polar surface area (TPSA) is 77.2 Å². The van der Waals surface area contributed by atoms with Gasteiger partial charge in [0.05, 0.1) is 17.7 Å². The first-order valence-electron chi connectivity index (χ1n) is 6.05. The molecule has 8 heteroatoms. The molecular weight excluding hydrogens is 275 g/mol. The summed E-state index contributed by atoms with van der Waals surface area (Å²) in [7, 11) is 0. The molecule has 2 heterocycles. The smallest absolute Gasteiger partial charge is 0.376 e. The zero-order valence-corrected chi connectivity index (χ0v) is 10.7. The van der Waals surface area contributed by atoms with Crippen LogP contribution in [0.1, 0.15) is 29.4 Å². The van der Waals surface area contributed by atoms with Crippen LogP contribution >= 0.6 is 0 Å². The molecule has 1 fully saturated rings. The van der Waals surface area contributed by atoms with Crippen molar-refractivity contribution in [2.24, 2.45) is 5.73 Å². The summed E-state index contributed by atoms with van der Waals surface area (Å²) in [6, 6.07) is 1.56. The molecule has 0 spiro atoms. The van der Waals surface area contributed by atoms with Crippen molar-refractivity contribution in [3.63, 3.8) is 0 Å². The van der Waals surface area contributed by atoms with E-state index < -0.39 is 17.8 Å². The lowest BCUT2D eigenvalue weighted by Gasteiger charge is -2.19. The number of carbonyl (C=O) groups excluding carboxylic acids is 1. The number of pyridine rings is 1. The number of nitrogens with zero attached hydrogens (tertiary/aromatic N) is 1. The molecular formula is C12H14F3N3O2. The quantitative estimate of drug-likeness (QED) is 0.889. The second kappa shape index (κ2) is 5.28. The lowest BCUT2D eigenvalue weighted by molar-refractivity contribution is -0.141. The number of primary amides is 1. The maximum absolute atomic E-state index is 12.7. The van der Waals surface area contributed by atoms with Crippen molar-refractivity contribution in [1.29, 1.82) is 0 Å². The number of hydrogen-bond acceptors (Lipinski definition) is 4. The maximum atomic E-state index is 12.7. The molecule has 3 N–H and O–H groups in total. The van der Waals surface area contributed by atoms with Gasteiger partial charge in [0.2, 0.25) is 0 Å². The van der Waals surface area contributed by atoms with Gasteiger partial charge in [0.1, 0.15) is 11.5 Å². The van der Waals surface area contributed by atoms with Crippen molar-refractivity contribution >= 4 is 11.7 Å². The standard InChI is InChI=1S/C12H14F3N3O2/c1-6-8(4-5-20-6)17-11-7(10(16)19)2-3-9(18-11)12(13,14)15/h2-3,6,8H,4-5H2,1H3,(H2,16,19)(H,17,18). The van der Waals surface area contributed by atoms with Crippen LogP contribution in [0.5, 0.6) is 0 Å². The van der Waals surface area contributed by atoms with Crippen molar-refractivity contribution in [3.8, 4) is 0 Å². The van der Waals surface area contributed by atoms with Gasteiger partial charge in [-0.05, 0) is 25.5 Å². The Labute approximate surface area is 113 Å². The van der Waals surface area contributed by atoms with Gasteiger partial charge in [-0.3, -0.25) is 4.79 Å². The van der Waals surface area contributed by atoms with Gasteiger partial charge < -0.3 is 15.8 Å². The van der Waals surface area contributed by atoms with Crippen LogP contribution in [-0.4, -0.2) is 29.6 Å². The van der Waals surface area contributed by atoms with Crippen LogP contribution in [0.4, 0.5) is 19.0 Å². The average molecular weight is 289 g/mol. The van der Waals surface area contributed by atoms with E-state index in [1.807, 2.05) is 0 Å². The first kappa shape index (κ1) is 14.6. The number of ether oxygens (including phenoxy) is 1. The van der Waals surface area contributed by atoms with Crippen LogP contribution in [-0.2, 0) is 10.9 Å². The second-order valence-corrected chi connectivity index (χ2v) is 4.57. The van der Waals surface area contributed by atoms with E-state index >= 15 is 0 Å². The fourth-order valence-corrected chi connectivity index (χ4v) is 2.02. The second-order valence-electron chi connectivity index (χ2n) is 4.57. The molecule has 1 aliphatic rings. The van der Waals surface area contributed by atoms with Crippen molar-refractivity contribution < 1.29 is 22.7 Å². The number of aromatic nitrogens is 1. The Hall–Kier alpha value is -1.83. The number of halogens is 3. The van der Waals surface area contributed by atoms with E-state index in [9.17, 15) is 18.0 Å². The van der Waals surface area contributed by atoms with Gasteiger partial charge in [0, 0.05) is 6.61 Å². The van der Waals surface area contributed by atoms with Crippen LogP contribution in [0.25, 0.3) is 0 Å². The van der Waals surface area contributed by atoms with Gasteiger partial charge in [-0.25, -0.2) is 4.98 Å². The number of alkyl halides is 3. The normalized spacial score (nSPS) is 22.8. The molecule has 110 valence electrons. The molecule has 1 aromatic heterocycles. The third-order valence-corrected chi connectivity index (χ3v) is 3.15. The fourth-order valence-electron chi connectivity index (χ4n) is 2.02. The molecule has 5 nitrogen and oxygen atoms in total. The van der Waals surface area contributed by atoms with E-state index in [1.165, 1.54) is 0 Å². The molecule has 20 heavy (non-hydrogen) atoms. The SMILES string of the molecule is CC1OCCC1Nc1nc(C(F)(F)F)ccc1C(N)=O. The molecule has 1 aliphatic heterocycles. The van der Waals surface area contributed by atoms with Crippen molar-refractivity contribution in [3.05, 3.63) is 23.4 Å². The van der Waals surface area contributed by atoms with Gasteiger partial charge in [-0.1, -0.05) is 0 Å². The Morgan fingerprint density at radius 2 is 2.20 bits per heavy atom. The van der Waals surface area contributed by atoms with Crippen LogP contribution in [0.2, 0.25) is 0 Å². The zero-order chi connectivity index (χ0) is 14.9. The fraction of sp³-hybridized carbons (Fsp3) is 0.500. The highest BCUT2D eigenvalue weighted by Crippen LogP contribution is 2.30. The summed E-state index contributed by atoms with van der Waals surface area (Å²) < 4.78 is 43.3. The van der Waals surface area contributed by atoms with E-state index in [1.54, 1.807) is 6.92 Å². The lowest BCUT2D eigenvalue weighted by Crippen LogP contribution is -2.29. The Morgan fingerprint density at radius 3 is 2.70 bits per heavy atom. The third-order valence-electron chi connectivity index (χ3n) is 3.15. The highest BCUT2D eigenvalue weighted by Gasteiger charge is 2.34. The van der Waals surface area contributed by atoms with Crippen LogP contribution in [0, 0.1) is 0 Å². The highest BCUT2D eigenvalue weighted by atomic mass is 19.4. The Morgan fingerprint density at radius 1 is 1.50 bits per heavy atom. The van der Waals surface area contributed by atoms with Crippen LogP contribution < -0.4 is 11.1 Å². The summed E-state index contributed by atoms with van der Waals surface area (Å²) in [5.74, 6) is -0.991. The molecule has 2 unspecified atom stereocenters. The largest absolute Gasteiger partial charge is 0.433 e. The zero-order valence-electron chi connectivity index (χ0n) is 10.7. The summed E-state index contributed by atoms with van der Waals surface area (Å²) in [4.78, 5) is 14.7. The highest BCUT2D eigenvalue weighted by molar-refractivity contribution is 5.97. The number of carbonyl (C=O) groups is 1. The molecule has 0 saturated carbocycles. The van der Waals surface area contributed by atoms with Gasteiger partial charge in [0.25, 0.3) is 5.91 Å². The number of anilines is 1. The molecule has 0 radical (unpaired) electrons. The van der Waals surface area contributed by atoms with Gasteiger partial charge >= 0.3 is 6.18 Å². The Balaban J connectivity index is 2.34. The van der Waals surface area contributed by atoms with Crippen LogP contribution in [0.15, 0.2) is 12.1 Å². The van der Waals surface area contributed by atoms with E-state index in [0.717, 1.165) is 12.1 Å². The first-order valence-corrected chi connectivity index (χ1v) is 6.05. The molecule has 1 saturated heterocycles. The molecule has 0 aliphatic carbocycles. The Kier molecular flexibility index (Phi) is 3.85. The van der Waals surface area contributed by atoms with E-state index in [2.05, 4.69) is 10.3 Å². The molecule has 2 rings (SSSR count). The van der Waals surface area contributed by atoms with Gasteiger partial charge in [-0.2, -0.15) is 13.2 Å². The minimum Gasteiger partial charge on any atom is -0.376 e. The summed E-state index contributed by atoms with van der Waals surface area (Å²) in [5.41, 5.74) is 4.01. The molecule has 0 bridgehead atoms. The minimum atomic E-state index is -4.58. The van der Waals surface area contributed by atoms with Crippen molar-refractivity contribution in [2.75, 3.05) is 11.9 Å². The lowest BCUT2D eigenvalue weighted by atomic mass is 10.1. The predicted octanol–water partition coefficient (Wildman–Crippen LogP) is 1.79. The van der Waals surface area contributed by atoms with Gasteiger partial charge in [0.15, 0.2) is 0 Å². The summed E-state index contributed by atoms with van der Waals surface area (Å²) in [6.45, 7) is 2.30. The molecule has 2 atom stereocenters. The predicted molar refractivity (Wildman–Crippen MR) is 65.2 cm³/mol. The molecule has 0 aromatic carbocycles. The third kappa shape index (κ3) is 3.01. The van der Waals surface area contributed by atoms with E-state index in [4.69, 9.17) is 10.5 Å². The molecule has 1 aromatic rings. The first-order chi connectivity index (χ1) is 9.29. The number of nitrogens with one attached hydrogen (secondary N) is 1. The van der Waals surface area contributed by atoms with Gasteiger partial charge in [-0.15, -0.1) is 0 Å².